The van der Waals surface area contributed by atoms with Crippen LogP contribution in [0.25, 0.3) is 10.8 Å². The third-order valence-electron chi connectivity index (χ3n) is 2.75. The summed E-state index contributed by atoms with van der Waals surface area (Å²) >= 11 is 0. The Morgan fingerprint density at radius 1 is 1.06 bits per heavy atom. The van der Waals surface area contributed by atoms with Crippen molar-refractivity contribution >= 4 is 10.8 Å². The smallest absolute Gasteiger partial charge is 0.119 e. The summed E-state index contributed by atoms with van der Waals surface area (Å²) in [6.45, 7) is 1.92. The molecule has 2 rings (SSSR count). The largest absolute Gasteiger partial charge is 0.497 e. The number of nitrogens with two attached hydrogens (primary N) is 1. The Morgan fingerprint density at radius 2 is 1.75 bits per heavy atom. The minimum Gasteiger partial charge on any atom is -0.497 e. The number of benzene rings is 2. The van der Waals surface area contributed by atoms with E-state index in [4.69, 9.17) is 15.5 Å². The van der Waals surface area contributed by atoms with Crippen molar-refractivity contribution in [2.45, 2.75) is 13.0 Å². The van der Waals surface area contributed by atoms with Crippen LogP contribution in [0.2, 0.25) is 0 Å². The number of hydrogen-bond donors (Lipinski definition) is 1. The highest BCUT2D eigenvalue weighted by Crippen LogP contribution is 2.24. The van der Waals surface area contributed by atoms with E-state index in [1.54, 1.807) is 7.11 Å². The van der Waals surface area contributed by atoms with Crippen molar-refractivity contribution in [3.8, 4) is 5.75 Å². The molecule has 0 aliphatic carbocycles. The zero-order valence-corrected chi connectivity index (χ0v) is 9.44. The summed E-state index contributed by atoms with van der Waals surface area (Å²) in [7, 11) is 1.67. The lowest BCUT2D eigenvalue weighted by molar-refractivity contribution is 0.0665. The van der Waals surface area contributed by atoms with Crippen LogP contribution in [0, 0.1) is 0 Å². The second-order valence-corrected chi connectivity index (χ2v) is 3.75. The molecule has 0 radical (unpaired) electrons. The molecule has 0 saturated carbocycles. The molecule has 2 N–H and O–H groups in total. The molecule has 3 nitrogen and oxygen atoms in total. The summed E-state index contributed by atoms with van der Waals surface area (Å²) in [5.74, 6) is 6.04. The molecule has 0 heterocycles. The Balaban J connectivity index is 2.47. The Labute approximate surface area is 94.7 Å². The molecule has 0 aliphatic heterocycles. The van der Waals surface area contributed by atoms with Gasteiger partial charge in [0.25, 0.3) is 0 Å². The number of fused-ring (bicyclic) bond motifs is 1. The van der Waals surface area contributed by atoms with Crippen LogP contribution in [-0.2, 0) is 4.84 Å². The molecule has 0 aliphatic rings. The van der Waals surface area contributed by atoms with E-state index >= 15 is 0 Å². The van der Waals surface area contributed by atoms with Crippen LogP contribution in [0.5, 0.6) is 5.75 Å². The predicted octanol–water partition coefficient (Wildman–Crippen LogP) is 2.80. The summed E-state index contributed by atoms with van der Waals surface area (Å²) < 4.78 is 5.18. The monoisotopic (exact) mass is 217 g/mol. The van der Waals surface area contributed by atoms with Gasteiger partial charge in [-0.05, 0) is 41.5 Å². The number of methoxy groups -OCH3 is 1. The first-order chi connectivity index (χ1) is 7.74. The van der Waals surface area contributed by atoms with Crippen LogP contribution in [0.4, 0.5) is 0 Å². The third-order valence-corrected chi connectivity index (χ3v) is 2.75. The van der Waals surface area contributed by atoms with Crippen molar-refractivity contribution in [3.63, 3.8) is 0 Å². The molecule has 2 aromatic rings. The Bertz CT molecular complexity index is 496. The fourth-order valence-electron chi connectivity index (χ4n) is 1.70. The van der Waals surface area contributed by atoms with Crippen LogP contribution in [0.1, 0.15) is 18.6 Å². The van der Waals surface area contributed by atoms with Gasteiger partial charge in [-0.25, -0.2) is 5.90 Å². The van der Waals surface area contributed by atoms with Gasteiger partial charge in [-0.15, -0.1) is 0 Å². The molecular weight excluding hydrogens is 202 g/mol. The van der Waals surface area contributed by atoms with Gasteiger partial charge in [0.2, 0.25) is 0 Å². The normalized spacial score (nSPS) is 12.7. The number of hydrogen-bond acceptors (Lipinski definition) is 3. The van der Waals surface area contributed by atoms with E-state index in [0.717, 1.165) is 22.1 Å². The van der Waals surface area contributed by atoms with Crippen molar-refractivity contribution in [3.05, 3.63) is 42.0 Å². The summed E-state index contributed by atoms with van der Waals surface area (Å²) in [5, 5.41) is 2.30. The number of ether oxygens (including phenoxy) is 1. The van der Waals surface area contributed by atoms with E-state index < -0.39 is 0 Å². The average Bonchev–Trinajstić information content (AvgIpc) is 2.36. The molecule has 0 bridgehead atoms. The molecule has 2 aromatic carbocycles. The Hall–Kier alpha value is -1.58. The van der Waals surface area contributed by atoms with Crippen LogP contribution in [0.3, 0.4) is 0 Å². The highest BCUT2D eigenvalue weighted by atomic mass is 16.6. The first-order valence-corrected chi connectivity index (χ1v) is 5.18. The SMILES string of the molecule is COc1ccc2cc(C(C)ON)ccc2c1. The van der Waals surface area contributed by atoms with Crippen molar-refractivity contribution in [2.24, 2.45) is 5.90 Å². The van der Waals surface area contributed by atoms with Crippen molar-refractivity contribution in [2.75, 3.05) is 7.11 Å². The fourth-order valence-corrected chi connectivity index (χ4v) is 1.70. The van der Waals surface area contributed by atoms with Gasteiger partial charge in [-0.1, -0.05) is 18.2 Å². The maximum Gasteiger partial charge on any atom is 0.119 e. The summed E-state index contributed by atoms with van der Waals surface area (Å²) in [6, 6.07) is 12.1. The van der Waals surface area contributed by atoms with Gasteiger partial charge < -0.3 is 4.74 Å². The van der Waals surface area contributed by atoms with Crippen LogP contribution in [0.15, 0.2) is 36.4 Å². The van der Waals surface area contributed by atoms with Crippen molar-refractivity contribution in [1.82, 2.24) is 0 Å². The maximum atomic E-state index is 5.18. The molecule has 0 aromatic heterocycles. The van der Waals surface area contributed by atoms with Gasteiger partial charge in [0.1, 0.15) is 11.9 Å². The molecule has 84 valence electrons. The quantitative estimate of drug-likeness (QED) is 0.804. The van der Waals surface area contributed by atoms with Gasteiger partial charge >= 0.3 is 0 Å². The van der Waals surface area contributed by atoms with Crippen molar-refractivity contribution in [1.29, 1.82) is 0 Å². The van der Waals surface area contributed by atoms with Gasteiger partial charge in [-0.3, -0.25) is 4.84 Å². The van der Waals surface area contributed by atoms with Gasteiger partial charge in [0.15, 0.2) is 0 Å². The topological polar surface area (TPSA) is 44.5 Å². The second kappa shape index (κ2) is 4.51. The summed E-state index contributed by atoms with van der Waals surface area (Å²) in [5.41, 5.74) is 1.07. The minimum atomic E-state index is -0.0912. The van der Waals surface area contributed by atoms with Crippen molar-refractivity contribution < 1.29 is 9.57 Å². The Kier molecular flexibility index (Phi) is 3.08. The van der Waals surface area contributed by atoms with Crippen LogP contribution in [-0.4, -0.2) is 7.11 Å². The van der Waals surface area contributed by atoms with Gasteiger partial charge in [-0.2, -0.15) is 0 Å². The molecule has 0 spiro atoms. The molecular formula is C13H15NO2. The minimum absolute atomic E-state index is 0.0912. The molecule has 3 heteroatoms. The lowest BCUT2D eigenvalue weighted by Gasteiger charge is -2.10. The highest BCUT2D eigenvalue weighted by molar-refractivity contribution is 5.84. The predicted molar refractivity (Wildman–Crippen MR) is 64.2 cm³/mol. The highest BCUT2D eigenvalue weighted by Gasteiger charge is 2.05. The fraction of sp³-hybridized carbons (Fsp3) is 0.231. The molecule has 0 fully saturated rings. The zero-order chi connectivity index (χ0) is 11.5. The summed E-state index contributed by atoms with van der Waals surface area (Å²) in [4.78, 5) is 4.81. The zero-order valence-electron chi connectivity index (χ0n) is 9.44. The third kappa shape index (κ3) is 2.01. The average molecular weight is 217 g/mol. The molecule has 1 unspecified atom stereocenters. The van der Waals surface area contributed by atoms with E-state index in [1.807, 2.05) is 37.3 Å². The molecule has 1 atom stereocenters. The van der Waals surface area contributed by atoms with E-state index in [2.05, 4.69) is 6.07 Å². The Morgan fingerprint density at radius 3 is 2.44 bits per heavy atom. The first-order valence-electron chi connectivity index (χ1n) is 5.18. The van der Waals surface area contributed by atoms with Crippen LogP contribution < -0.4 is 10.6 Å². The maximum absolute atomic E-state index is 5.18. The standard InChI is InChI=1S/C13H15NO2/c1-9(16-14)10-3-4-12-8-13(15-2)6-5-11(12)7-10/h3-9H,14H2,1-2H3. The lowest BCUT2D eigenvalue weighted by atomic mass is 10.0. The van der Waals surface area contributed by atoms with E-state index in [1.165, 1.54) is 0 Å². The number of rotatable bonds is 3. The van der Waals surface area contributed by atoms with Crippen LogP contribution >= 0.6 is 0 Å². The second-order valence-electron chi connectivity index (χ2n) is 3.75. The molecule has 0 saturated heterocycles. The van der Waals surface area contributed by atoms with Gasteiger partial charge in [0.05, 0.1) is 7.11 Å². The lowest BCUT2D eigenvalue weighted by Crippen LogP contribution is -2.04. The summed E-state index contributed by atoms with van der Waals surface area (Å²) in [6.07, 6.45) is -0.0912. The molecule has 16 heavy (non-hydrogen) atoms. The molecule has 0 amide bonds. The van der Waals surface area contributed by atoms with E-state index in [9.17, 15) is 0 Å². The van der Waals surface area contributed by atoms with Gasteiger partial charge in [0, 0.05) is 0 Å². The van der Waals surface area contributed by atoms with E-state index in [-0.39, 0.29) is 6.10 Å². The first kappa shape index (κ1) is 10.9. The van der Waals surface area contributed by atoms with E-state index in [0.29, 0.717) is 0 Å².